The van der Waals surface area contributed by atoms with Gasteiger partial charge in [-0.1, -0.05) is 13.8 Å². The van der Waals surface area contributed by atoms with Gasteiger partial charge in [-0.15, -0.1) is 0 Å². The fraction of sp³-hybridized carbons (Fsp3) is 0.762. The van der Waals surface area contributed by atoms with Crippen LogP contribution < -0.4 is 27.4 Å². The summed E-state index contributed by atoms with van der Waals surface area (Å²) in [6.45, 7) is 5.07. The molecule has 2 aliphatic heterocycles. The molecule has 0 aromatic heterocycles. The molecule has 8 N–H and O–H groups in total. The molecule has 4 atom stereocenters. The number of aliphatic carboxylic acids is 1. The first-order valence-electron chi connectivity index (χ1n) is 11.5. The number of guanidine groups is 1. The number of likely N-dealkylation sites (tertiary alicyclic amines) is 1. The van der Waals surface area contributed by atoms with Crippen LogP contribution in [-0.4, -0.2) is 83.5 Å². The van der Waals surface area contributed by atoms with Gasteiger partial charge in [-0.3, -0.25) is 19.4 Å². The molecule has 12 nitrogen and oxygen atoms in total. The fourth-order valence-electron chi connectivity index (χ4n) is 4.19. The van der Waals surface area contributed by atoms with E-state index in [1.165, 1.54) is 4.90 Å². The number of carbonyl (C=O) groups excluding carboxylic acids is 3. The molecule has 0 spiro atoms. The second-order valence-electron chi connectivity index (χ2n) is 8.92. The summed E-state index contributed by atoms with van der Waals surface area (Å²) in [6.07, 6.45) is 3.20. The molecular formula is C21H37N7O5. The van der Waals surface area contributed by atoms with Gasteiger partial charge in [0, 0.05) is 13.1 Å². The third kappa shape index (κ3) is 7.58. The lowest BCUT2D eigenvalue weighted by molar-refractivity contribution is -0.145. The molecule has 0 aliphatic carbocycles. The standard InChI is InChI=1S/C21H37N7O5/c1-12(2)16(27-17(29)13-6-3-9-24-13)19(31)28-11-5-8-15(28)18(30)26-14(20(32)33)7-4-10-25-21(22)23/h12-16,24H,3-11H2,1-2H3,(H,26,30)(H,27,29)(H,32,33)(H4,22,23,25). The molecule has 2 rings (SSSR count). The number of rotatable bonds is 11. The minimum Gasteiger partial charge on any atom is -0.480 e. The number of carboxylic acids is 1. The Labute approximate surface area is 193 Å². The maximum absolute atomic E-state index is 13.3. The lowest BCUT2D eigenvalue weighted by Crippen LogP contribution is -2.58. The zero-order valence-electron chi connectivity index (χ0n) is 19.4. The van der Waals surface area contributed by atoms with Crippen molar-refractivity contribution in [3.8, 4) is 0 Å². The lowest BCUT2D eigenvalue weighted by Gasteiger charge is -2.31. The van der Waals surface area contributed by atoms with E-state index in [1.54, 1.807) is 0 Å². The second-order valence-corrected chi connectivity index (χ2v) is 8.92. The summed E-state index contributed by atoms with van der Waals surface area (Å²) in [5, 5.41) is 18.0. The van der Waals surface area contributed by atoms with Crippen LogP contribution in [0.5, 0.6) is 0 Å². The van der Waals surface area contributed by atoms with Crippen LogP contribution in [0.15, 0.2) is 4.99 Å². The van der Waals surface area contributed by atoms with Crippen molar-refractivity contribution >= 4 is 29.7 Å². The summed E-state index contributed by atoms with van der Waals surface area (Å²) < 4.78 is 0. The third-order valence-corrected chi connectivity index (χ3v) is 6.01. The number of amides is 3. The van der Waals surface area contributed by atoms with E-state index in [1.807, 2.05) is 13.8 Å². The topological polar surface area (TPSA) is 192 Å². The Morgan fingerprint density at radius 1 is 1.12 bits per heavy atom. The normalized spacial score (nSPS) is 22.0. The van der Waals surface area contributed by atoms with E-state index in [0.29, 0.717) is 25.8 Å². The molecule has 0 bridgehead atoms. The van der Waals surface area contributed by atoms with Gasteiger partial charge in [-0.2, -0.15) is 0 Å². The van der Waals surface area contributed by atoms with Gasteiger partial charge in [0.2, 0.25) is 17.7 Å². The molecule has 2 aliphatic rings. The number of carbonyl (C=O) groups is 4. The first kappa shape index (κ1) is 26.4. The Morgan fingerprint density at radius 2 is 1.85 bits per heavy atom. The Kier molecular flexibility index (Phi) is 9.89. The molecule has 33 heavy (non-hydrogen) atoms. The Morgan fingerprint density at radius 3 is 2.42 bits per heavy atom. The van der Waals surface area contributed by atoms with Crippen LogP contribution in [0.3, 0.4) is 0 Å². The first-order chi connectivity index (χ1) is 15.6. The van der Waals surface area contributed by atoms with E-state index < -0.39 is 30.0 Å². The van der Waals surface area contributed by atoms with Crippen molar-refractivity contribution in [1.82, 2.24) is 20.9 Å². The molecule has 0 aromatic carbocycles. The quantitative estimate of drug-likeness (QED) is 0.120. The van der Waals surface area contributed by atoms with Gasteiger partial charge in [0.25, 0.3) is 0 Å². The van der Waals surface area contributed by atoms with Gasteiger partial charge in [-0.25, -0.2) is 4.79 Å². The van der Waals surface area contributed by atoms with E-state index in [4.69, 9.17) is 11.5 Å². The molecule has 4 unspecified atom stereocenters. The number of hydrogen-bond acceptors (Lipinski definition) is 6. The van der Waals surface area contributed by atoms with Gasteiger partial charge >= 0.3 is 5.97 Å². The van der Waals surface area contributed by atoms with Gasteiger partial charge < -0.3 is 37.4 Å². The van der Waals surface area contributed by atoms with Crippen molar-refractivity contribution in [1.29, 1.82) is 0 Å². The van der Waals surface area contributed by atoms with Crippen molar-refractivity contribution in [2.45, 2.75) is 76.5 Å². The van der Waals surface area contributed by atoms with Crippen LogP contribution >= 0.6 is 0 Å². The number of nitrogens with two attached hydrogens (primary N) is 2. The van der Waals surface area contributed by atoms with E-state index in [2.05, 4.69) is 20.9 Å². The monoisotopic (exact) mass is 467 g/mol. The average molecular weight is 468 g/mol. The van der Waals surface area contributed by atoms with Crippen LogP contribution in [0, 0.1) is 5.92 Å². The highest BCUT2D eigenvalue weighted by molar-refractivity contribution is 5.94. The predicted molar refractivity (Wildman–Crippen MR) is 122 cm³/mol. The molecule has 186 valence electrons. The molecule has 2 saturated heterocycles. The van der Waals surface area contributed by atoms with Crippen molar-refractivity contribution in [3.05, 3.63) is 0 Å². The minimum absolute atomic E-state index is 0.0819. The number of nitrogens with zero attached hydrogens (tertiary/aromatic N) is 2. The summed E-state index contributed by atoms with van der Waals surface area (Å²) in [5.41, 5.74) is 10.5. The van der Waals surface area contributed by atoms with E-state index in [-0.39, 0.29) is 42.7 Å². The number of carboxylic acid groups (broad SMARTS) is 1. The van der Waals surface area contributed by atoms with Gasteiger partial charge in [0.15, 0.2) is 5.96 Å². The van der Waals surface area contributed by atoms with Gasteiger partial charge in [0.1, 0.15) is 18.1 Å². The second kappa shape index (κ2) is 12.4. The third-order valence-electron chi connectivity index (χ3n) is 6.01. The summed E-state index contributed by atoms with van der Waals surface area (Å²) in [5.74, 6) is -2.47. The van der Waals surface area contributed by atoms with E-state index in [0.717, 1.165) is 19.4 Å². The Hall–Kier alpha value is -2.89. The number of hydrogen-bond donors (Lipinski definition) is 6. The van der Waals surface area contributed by atoms with Crippen molar-refractivity contribution in [2.75, 3.05) is 19.6 Å². The highest BCUT2D eigenvalue weighted by Gasteiger charge is 2.40. The largest absolute Gasteiger partial charge is 0.480 e. The van der Waals surface area contributed by atoms with Gasteiger partial charge in [-0.05, 0) is 51.0 Å². The molecule has 0 saturated carbocycles. The highest BCUT2D eigenvalue weighted by atomic mass is 16.4. The summed E-state index contributed by atoms with van der Waals surface area (Å²) >= 11 is 0. The van der Waals surface area contributed by atoms with Crippen LogP contribution in [0.2, 0.25) is 0 Å². The van der Waals surface area contributed by atoms with Crippen LogP contribution in [-0.2, 0) is 19.2 Å². The van der Waals surface area contributed by atoms with Crippen LogP contribution in [0.1, 0.15) is 52.4 Å². The highest BCUT2D eigenvalue weighted by Crippen LogP contribution is 2.21. The molecule has 3 amide bonds. The zero-order chi connectivity index (χ0) is 24.5. The molecule has 2 fully saturated rings. The first-order valence-corrected chi connectivity index (χ1v) is 11.5. The molecular weight excluding hydrogens is 430 g/mol. The summed E-state index contributed by atoms with van der Waals surface area (Å²) in [6, 6.07) is -2.96. The van der Waals surface area contributed by atoms with Gasteiger partial charge in [0.05, 0.1) is 6.04 Å². The Balaban J connectivity index is 2.01. The number of aliphatic imine (C=N–C) groups is 1. The van der Waals surface area contributed by atoms with Crippen molar-refractivity contribution in [2.24, 2.45) is 22.4 Å². The summed E-state index contributed by atoms with van der Waals surface area (Å²) in [7, 11) is 0. The van der Waals surface area contributed by atoms with E-state index >= 15 is 0 Å². The molecule has 12 heteroatoms. The van der Waals surface area contributed by atoms with Crippen LogP contribution in [0.4, 0.5) is 0 Å². The maximum atomic E-state index is 13.3. The Bertz CT molecular complexity index is 747. The molecule has 0 aromatic rings. The average Bonchev–Trinajstić information content (AvgIpc) is 3.45. The predicted octanol–water partition coefficient (Wildman–Crippen LogP) is -1.51. The molecule has 0 radical (unpaired) electrons. The number of nitrogens with one attached hydrogen (secondary N) is 3. The van der Waals surface area contributed by atoms with E-state index in [9.17, 15) is 24.3 Å². The zero-order valence-corrected chi connectivity index (χ0v) is 19.4. The van der Waals surface area contributed by atoms with Crippen LogP contribution in [0.25, 0.3) is 0 Å². The van der Waals surface area contributed by atoms with Crippen molar-refractivity contribution in [3.63, 3.8) is 0 Å². The maximum Gasteiger partial charge on any atom is 0.326 e. The van der Waals surface area contributed by atoms with Crippen molar-refractivity contribution < 1.29 is 24.3 Å². The SMILES string of the molecule is CC(C)C(NC(=O)C1CCCN1)C(=O)N1CCCC1C(=O)NC(CCCN=C(N)N)C(=O)O. The minimum atomic E-state index is -1.17. The molecule has 2 heterocycles. The lowest BCUT2D eigenvalue weighted by atomic mass is 10.0. The summed E-state index contributed by atoms with van der Waals surface area (Å²) in [4.78, 5) is 55.7. The smallest absolute Gasteiger partial charge is 0.326 e. The fourth-order valence-corrected chi connectivity index (χ4v) is 4.19.